The van der Waals surface area contributed by atoms with Crippen LogP contribution >= 0.6 is 0 Å². The highest BCUT2D eigenvalue weighted by atomic mass is 19.4. The van der Waals surface area contributed by atoms with Gasteiger partial charge < -0.3 is 29.5 Å². The van der Waals surface area contributed by atoms with Crippen molar-refractivity contribution in [2.45, 2.75) is 38.8 Å². The fraction of sp³-hybridized carbons (Fsp3) is 0.353. The van der Waals surface area contributed by atoms with E-state index in [1.807, 2.05) is 67.1 Å². The normalized spacial score (nSPS) is 18.1. The molecule has 0 spiro atoms. The molecule has 1 aromatic heterocycles. The maximum absolute atomic E-state index is 14.5. The van der Waals surface area contributed by atoms with Crippen molar-refractivity contribution >= 4 is 28.5 Å². The van der Waals surface area contributed by atoms with Crippen LogP contribution in [0.4, 0.5) is 23.7 Å². The van der Waals surface area contributed by atoms with E-state index < -0.39 is 29.9 Å². The number of rotatable bonds is 5. The lowest BCUT2D eigenvalue weighted by atomic mass is 9.96. The maximum atomic E-state index is 14.5. The zero-order valence-corrected chi connectivity index (χ0v) is 25.6. The van der Waals surface area contributed by atoms with Gasteiger partial charge in [0.2, 0.25) is 0 Å². The number of carbonyl (C=O) groups excluding carboxylic acids is 2. The number of benzene rings is 3. The molecule has 238 valence electrons. The van der Waals surface area contributed by atoms with Crippen molar-refractivity contribution in [3.8, 4) is 11.1 Å². The number of anilines is 1. The topological polar surface area (TPSA) is 87.0 Å². The van der Waals surface area contributed by atoms with Crippen molar-refractivity contribution < 1.29 is 32.6 Å². The van der Waals surface area contributed by atoms with E-state index in [4.69, 9.17) is 4.74 Å². The Morgan fingerprint density at radius 1 is 1.09 bits per heavy atom. The van der Waals surface area contributed by atoms with Gasteiger partial charge in [0.05, 0.1) is 36.6 Å². The third kappa shape index (κ3) is 6.41. The van der Waals surface area contributed by atoms with Gasteiger partial charge in [-0.3, -0.25) is 4.79 Å². The molecule has 3 amide bonds. The summed E-state index contributed by atoms with van der Waals surface area (Å²) in [6.45, 7) is 3.81. The molecule has 0 unspecified atom stereocenters. The van der Waals surface area contributed by atoms with Crippen LogP contribution < -0.4 is 5.32 Å². The number of halogens is 3. The average molecular weight is 623 g/mol. The zero-order chi connectivity index (χ0) is 32.5. The van der Waals surface area contributed by atoms with Gasteiger partial charge in [0.1, 0.15) is 5.69 Å². The SMILES string of the molecule is C[C@H](CO)N1C[C@H](C)[C@@H](CN(C)C(=O)Nc2ccccc2C(F)(F)F)OCc2ccccc2-c2c(n(C)c3ccccc23)C1=O. The molecule has 0 bridgehead atoms. The number of fused-ring (bicyclic) bond motifs is 5. The summed E-state index contributed by atoms with van der Waals surface area (Å²) in [5, 5.41) is 13.5. The number of nitrogens with zero attached hydrogens (tertiary/aromatic N) is 3. The van der Waals surface area contributed by atoms with Crippen LogP contribution in [0.1, 0.15) is 35.5 Å². The number of aromatic nitrogens is 1. The highest BCUT2D eigenvalue weighted by molar-refractivity contribution is 6.10. The first kappa shape index (κ1) is 32.1. The van der Waals surface area contributed by atoms with Crippen LogP contribution in [0.2, 0.25) is 0 Å². The Morgan fingerprint density at radius 3 is 2.49 bits per heavy atom. The number of ether oxygens (including phenoxy) is 1. The molecule has 0 radical (unpaired) electrons. The van der Waals surface area contributed by atoms with Crippen LogP contribution in [0.5, 0.6) is 0 Å². The van der Waals surface area contributed by atoms with Gasteiger partial charge in [-0.25, -0.2) is 4.79 Å². The number of likely N-dealkylation sites (N-methyl/N-ethyl adjacent to an activating group) is 1. The molecule has 2 heterocycles. The van der Waals surface area contributed by atoms with Gasteiger partial charge in [0.25, 0.3) is 5.91 Å². The predicted octanol–water partition coefficient (Wildman–Crippen LogP) is 6.39. The Bertz CT molecular complexity index is 1700. The van der Waals surface area contributed by atoms with Crippen LogP contribution in [0.25, 0.3) is 22.0 Å². The summed E-state index contributed by atoms with van der Waals surface area (Å²) in [7, 11) is 3.35. The van der Waals surface area contributed by atoms with Gasteiger partial charge in [0, 0.05) is 49.6 Å². The number of amides is 3. The smallest absolute Gasteiger partial charge is 0.394 e. The lowest BCUT2D eigenvalue weighted by Crippen LogP contribution is -2.48. The van der Waals surface area contributed by atoms with E-state index >= 15 is 0 Å². The monoisotopic (exact) mass is 622 g/mol. The summed E-state index contributed by atoms with van der Waals surface area (Å²) in [6, 6.07) is 19.0. The largest absolute Gasteiger partial charge is 0.418 e. The minimum atomic E-state index is -4.63. The number of aliphatic hydroxyl groups is 1. The van der Waals surface area contributed by atoms with E-state index in [-0.39, 0.29) is 43.8 Å². The van der Waals surface area contributed by atoms with E-state index in [0.717, 1.165) is 33.7 Å². The molecular weight excluding hydrogens is 585 g/mol. The van der Waals surface area contributed by atoms with E-state index in [1.54, 1.807) is 11.8 Å². The summed E-state index contributed by atoms with van der Waals surface area (Å²) in [5.41, 5.74) is 2.55. The average Bonchev–Trinajstić information content (AvgIpc) is 3.31. The molecular formula is C34H37F3N4O4. The van der Waals surface area contributed by atoms with Crippen LogP contribution in [0, 0.1) is 5.92 Å². The number of carbonyl (C=O) groups is 2. The van der Waals surface area contributed by atoms with E-state index in [2.05, 4.69) is 5.32 Å². The van der Waals surface area contributed by atoms with Crippen LogP contribution in [0.15, 0.2) is 72.8 Å². The first-order valence-electron chi connectivity index (χ1n) is 14.8. The van der Waals surface area contributed by atoms with E-state index in [1.165, 1.54) is 30.1 Å². The minimum absolute atomic E-state index is 0.0365. The number of aryl methyl sites for hydroxylation is 1. The molecule has 1 aliphatic heterocycles. The quantitative estimate of drug-likeness (QED) is 0.270. The molecule has 3 aromatic carbocycles. The first-order chi connectivity index (χ1) is 21.4. The summed E-state index contributed by atoms with van der Waals surface area (Å²) >= 11 is 0. The third-order valence-corrected chi connectivity index (χ3v) is 8.50. The van der Waals surface area contributed by atoms with Crippen LogP contribution in [-0.2, 0) is 24.6 Å². The Kier molecular flexibility index (Phi) is 9.22. The second-order valence-electron chi connectivity index (χ2n) is 11.6. The van der Waals surface area contributed by atoms with Crippen molar-refractivity contribution in [2.75, 3.05) is 32.1 Å². The maximum Gasteiger partial charge on any atom is 0.418 e. The molecule has 11 heteroatoms. The summed E-state index contributed by atoms with van der Waals surface area (Å²) in [6.07, 6.45) is -5.24. The number of para-hydroxylation sites is 2. The molecule has 5 rings (SSSR count). The molecule has 0 saturated carbocycles. The van der Waals surface area contributed by atoms with Crippen LogP contribution in [-0.4, -0.2) is 70.3 Å². The van der Waals surface area contributed by atoms with Crippen molar-refractivity contribution in [1.82, 2.24) is 14.4 Å². The third-order valence-electron chi connectivity index (χ3n) is 8.50. The minimum Gasteiger partial charge on any atom is -0.394 e. The van der Waals surface area contributed by atoms with Gasteiger partial charge in [-0.05, 0) is 36.2 Å². The van der Waals surface area contributed by atoms with Gasteiger partial charge in [-0.15, -0.1) is 0 Å². The van der Waals surface area contributed by atoms with E-state index in [9.17, 15) is 27.9 Å². The second kappa shape index (κ2) is 12.9. The Morgan fingerprint density at radius 2 is 1.76 bits per heavy atom. The van der Waals surface area contributed by atoms with Gasteiger partial charge in [-0.1, -0.05) is 61.5 Å². The molecule has 2 N–H and O–H groups in total. The second-order valence-corrected chi connectivity index (χ2v) is 11.6. The number of alkyl halides is 3. The first-order valence-corrected chi connectivity index (χ1v) is 14.8. The highest BCUT2D eigenvalue weighted by Gasteiger charge is 2.36. The highest BCUT2D eigenvalue weighted by Crippen LogP contribution is 2.39. The Labute approximate surface area is 260 Å². The molecule has 45 heavy (non-hydrogen) atoms. The van der Waals surface area contributed by atoms with Crippen molar-refractivity contribution in [3.63, 3.8) is 0 Å². The van der Waals surface area contributed by atoms with Crippen molar-refractivity contribution in [1.29, 1.82) is 0 Å². The predicted molar refractivity (Wildman–Crippen MR) is 167 cm³/mol. The van der Waals surface area contributed by atoms with Crippen molar-refractivity contribution in [3.05, 3.63) is 89.6 Å². The number of nitrogens with one attached hydrogen (secondary N) is 1. The van der Waals surface area contributed by atoms with Gasteiger partial charge in [0.15, 0.2) is 0 Å². The molecule has 0 saturated heterocycles. The molecule has 0 fully saturated rings. The molecule has 8 nitrogen and oxygen atoms in total. The fourth-order valence-corrected chi connectivity index (χ4v) is 5.93. The Hall–Kier alpha value is -4.35. The summed E-state index contributed by atoms with van der Waals surface area (Å²) < 4.78 is 49.0. The molecule has 3 atom stereocenters. The lowest BCUT2D eigenvalue weighted by molar-refractivity contribution is -0.136. The number of hydrogen-bond donors (Lipinski definition) is 2. The molecule has 0 aliphatic carbocycles. The number of aliphatic hydroxyl groups excluding tert-OH is 1. The molecule has 4 aromatic rings. The standard InChI is InChI=1S/C34H37F3N4O4/c1-21-17-41(22(2)19-42)32(43)31-30(25-13-7-10-16-28(25)40(31)4)24-12-6-5-11-23(24)20-45-29(21)18-39(3)33(44)38-27-15-9-8-14-26(27)34(35,36)37/h5-16,21-22,29,42H,17-20H2,1-4H3,(H,38,44)/t21-,22+,29+/m0/s1. The summed E-state index contributed by atoms with van der Waals surface area (Å²) in [4.78, 5) is 30.5. The zero-order valence-electron chi connectivity index (χ0n) is 25.6. The Balaban J connectivity index is 1.51. The van der Waals surface area contributed by atoms with E-state index in [0.29, 0.717) is 5.69 Å². The summed E-state index contributed by atoms with van der Waals surface area (Å²) in [5.74, 6) is -0.577. The lowest BCUT2D eigenvalue weighted by Gasteiger charge is -2.35. The van der Waals surface area contributed by atoms with Crippen molar-refractivity contribution in [2.24, 2.45) is 13.0 Å². The van der Waals surface area contributed by atoms with Gasteiger partial charge >= 0.3 is 12.2 Å². The fourth-order valence-electron chi connectivity index (χ4n) is 5.93. The van der Waals surface area contributed by atoms with Gasteiger partial charge in [-0.2, -0.15) is 13.2 Å². The molecule has 1 aliphatic rings. The van der Waals surface area contributed by atoms with Crippen LogP contribution in [0.3, 0.4) is 0 Å². The number of urea groups is 1. The number of hydrogen-bond acceptors (Lipinski definition) is 4.